The molecule has 0 aliphatic heterocycles. The van der Waals surface area contributed by atoms with Crippen molar-refractivity contribution in [3.8, 4) is 22.4 Å². The molecule has 0 unspecified atom stereocenters. The van der Waals surface area contributed by atoms with Crippen molar-refractivity contribution in [1.82, 2.24) is 15.2 Å². The molecular formula is C23H22N4. The molecule has 27 heavy (non-hydrogen) atoms. The molecule has 0 N–H and O–H groups in total. The van der Waals surface area contributed by atoms with Gasteiger partial charge in [0, 0.05) is 36.6 Å². The summed E-state index contributed by atoms with van der Waals surface area (Å²) in [5, 5.41) is 11.6. The van der Waals surface area contributed by atoms with Crippen molar-refractivity contribution in [2.24, 2.45) is 0 Å². The van der Waals surface area contributed by atoms with Crippen LogP contribution in [0.5, 0.6) is 0 Å². The smallest absolute Gasteiger partial charge is 0.151 e. The lowest BCUT2D eigenvalue weighted by Gasteiger charge is -2.21. The summed E-state index contributed by atoms with van der Waals surface area (Å²) in [6, 6.07) is 20.9. The number of hydrogen-bond donors (Lipinski definition) is 0. The zero-order valence-electron chi connectivity index (χ0n) is 15.6. The van der Waals surface area contributed by atoms with Crippen molar-refractivity contribution in [2.75, 3.05) is 18.0 Å². The van der Waals surface area contributed by atoms with Crippen LogP contribution in [0.2, 0.25) is 0 Å². The Morgan fingerprint density at radius 3 is 2.30 bits per heavy atom. The standard InChI is InChI=1S/C23H22N4/c1-3-27(4-2)22-16-21(18-12-14-24-15-13-18)23(26-25-22)20-11-7-9-17-8-5-6-10-19(17)20/h5-16H,3-4H2,1-2H3. The average molecular weight is 354 g/mol. The van der Waals surface area contributed by atoms with Gasteiger partial charge in [0.2, 0.25) is 0 Å². The minimum atomic E-state index is 0.897. The number of hydrogen-bond acceptors (Lipinski definition) is 4. The van der Waals surface area contributed by atoms with Gasteiger partial charge in [-0.15, -0.1) is 10.2 Å². The first-order chi connectivity index (χ1) is 13.3. The van der Waals surface area contributed by atoms with Crippen LogP contribution in [0, 0.1) is 0 Å². The lowest BCUT2D eigenvalue weighted by Crippen LogP contribution is -2.23. The number of nitrogens with zero attached hydrogens (tertiary/aromatic N) is 4. The van der Waals surface area contributed by atoms with Gasteiger partial charge in [-0.2, -0.15) is 0 Å². The molecule has 0 saturated carbocycles. The lowest BCUT2D eigenvalue weighted by molar-refractivity contribution is 0.826. The van der Waals surface area contributed by atoms with Gasteiger partial charge >= 0.3 is 0 Å². The minimum absolute atomic E-state index is 0.897. The molecule has 0 radical (unpaired) electrons. The molecule has 0 aliphatic rings. The van der Waals surface area contributed by atoms with E-state index >= 15 is 0 Å². The van der Waals surface area contributed by atoms with Crippen molar-refractivity contribution in [3.63, 3.8) is 0 Å². The first-order valence-corrected chi connectivity index (χ1v) is 9.33. The van der Waals surface area contributed by atoms with Gasteiger partial charge in [-0.25, -0.2) is 0 Å². The molecule has 134 valence electrons. The molecule has 2 aromatic heterocycles. The first kappa shape index (κ1) is 17.2. The van der Waals surface area contributed by atoms with Crippen LogP contribution >= 0.6 is 0 Å². The Bertz CT molecular complexity index is 1050. The Morgan fingerprint density at radius 2 is 1.52 bits per heavy atom. The summed E-state index contributed by atoms with van der Waals surface area (Å²) in [5.41, 5.74) is 4.16. The third kappa shape index (κ3) is 3.26. The summed E-state index contributed by atoms with van der Waals surface area (Å²) in [6.45, 7) is 6.06. The van der Waals surface area contributed by atoms with Crippen LogP contribution in [0.4, 0.5) is 5.82 Å². The van der Waals surface area contributed by atoms with Crippen molar-refractivity contribution in [3.05, 3.63) is 73.1 Å². The largest absolute Gasteiger partial charge is 0.356 e. The molecule has 4 rings (SSSR count). The predicted octanol–water partition coefficient (Wildman–Crippen LogP) is 5.21. The normalized spacial score (nSPS) is 10.9. The fraction of sp³-hybridized carbons (Fsp3) is 0.174. The van der Waals surface area contributed by atoms with Crippen molar-refractivity contribution in [1.29, 1.82) is 0 Å². The summed E-state index contributed by atoms with van der Waals surface area (Å²) in [4.78, 5) is 6.38. The zero-order valence-corrected chi connectivity index (χ0v) is 15.6. The summed E-state index contributed by atoms with van der Waals surface area (Å²) in [5.74, 6) is 0.899. The second kappa shape index (κ2) is 7.54. The van der Waals surface area contributed by atoms with E-state index < -0.39 is 0 Å². The van der Waals surface area contributed by atoms with Gasteiger partial charge in [-0.05, 0) is 48.4 Å². The summed E-state index contributed by atoms with van der Waals surface area (Å²) in [6.07, 6.45) is 3.64. The number of aromatic nitrogens is 3. The van der Waals surface area contributed by atoms with Crippen LogP contribution in [0.25, 0.3) is 33.2 Å². The maximum atomic E-state index is 4.68. The molecule has 2 heterocycles. The fourth-order valence-electron chi connectivity index (χ4n) is 3.47. The fourth-order valence-corrected chi connectivity index (χ4v) is 3.47. The van der Waals surface area contributed by atoms with Crippen molar-refractivity contribution < 1.29 is 0 Å². The van der Waals surface area contributed by atoms with Gasteiger partial charge in [-0.1, -0.05) is 42.5 Å². The molecule has 4 aromatic rings. The van der Waals surface area contributed by atoms with Gasteiger partial charge in [0.25, 0.3) is 0 Å². The van der Waals surface area contributed by atoms with E-state index in [0.717, 1.165) is 41.3 Å². The summed E-state index contributed by atoms with van der Waals surface area (Å²) in [7, 11) is 0. The Morgan fingerprint density at radius 1 is 0.778 bits per heavy atom. The maximum Gasteiger partial charge on any atom is 0.151 e. The molecule has 0 amide bonds. The zero-order chi connectivity index (χ0) is 18.6. The maximum absolute atomic E-state index is 4.68. The third-order valence-electron chi connectivity index (χ3n) is 4.90. The Balaban J connectivity index is 1.97. The van der Waals surface area contributed by atoms with Crippen LogP contribution in [0.1, 0.15) is 13.8 Å². The highest BCUT2D eigenvalue weighted by atomic mass is 15.3. The van der Waals surface area contributed by atoms with Gasteiger partial charge in [0.15, 0.2) is 5.82 Å². The van der Waals surface area contributed by atoms with E-state index in [0.29, 0.717) is 0 Å². The van der Waals surface area contributed by atoms with E-state index in [4.69, 9.17) is 0 Å². The van der Waals surface area contributed by atoms with Crippen molar-refractivity contribution in [2.45, 2.75) is 13.8 Å². The topological polar surface area (TPSA) is 41.9 Å². The van der Waals surface area contributed by atoms with E-state index in [1.807, 2.05) is 24.5 Å². The highest BCUT2D eigenvalue weighted by molar-refractivity contribution is 5.99. The number of fused-ring (bicyclic) bond motifs is 1. The van der Waals surface area contributed by atoms with Crippen molar-refractivity contribution >= 4 is 16.6 Å². The van der Waals surface area contributed by atoms with Gasteiger partial charge in [0.1, 0.15) is 5.69 Å². The number of anilines is 1. The van der Waals surface area contributed by atoms with E-state index in [1.165, 1.54) is 10.8 Å². The van der Waals surface area contributed by atoms with Crippen LogP contribution in [-0.2, 0) is 0 Å². The molecule has 4 nitrogen and oxygen atoms in total. The Hall–Kier alpha value is -3.27. The highest BCUT2D eigenvalue weighted by Gasteiger charge is 2.15. The van der Waals surface area contributed by atoms with Crippen LogP contribution in [0.15, 0.2) is 73.1 Å². The molecule has 0 aliphatic carbocycles. The first-order valence-electron chi connectivity index (χ1n) is 9.33. The summed E-state index contributed by atoms with van der Waals surface area (Å²) < 4.78 is 0. The molecule has 0 bridgehead atoms. The lowest BCUT2D eigenvalue weighted by atomic mass is 9.96. The van der Waals surface area contributed by atoms with Gasteiger partial charge < -0.3 is 4.90 Å². The molecule has 2 aromatic carbocycles. The number of pyridine rings is 1. The van der Waals surface area contributed by atoms with Crippen LogP contribution < -0.4 is 4.90 Å². The van der Waals surface area contributed by atoms with Crippen LogP contribution in [-0.4, -0.2) is 28.3 Å². The number of benzene rings is 2. The van der Waals surface area contributed by atoms with E-state index in [9.17, 15) is 0 Å². The van der Waals surface area contributed by atoms with E-state index in [2.05, 4.69) is 82.5 Å². The van der Waals surface area contributed by atoms with E-state index in [1.54, 1.807) is 0 Å². The molecule has 0 atom stereocenters. The predicted molar refractivity (Wildman–Crippen MR) is 112 cm³/mol. The quantitative estimate of drug-likeness (QED) is 0.494. The molecule has 4 heteroatoms. The van der Waals surface area contributed by atoms with Gasteiger partial charge in [-0.3, -0.25) is 4.98 Å². The second-order valence-corrected chi connectivity index (χ2v) is 6.40. The average Bonchev–Trinajstić information content (AvgIpc) is 2.75. The summed E-state index contributed by atoms with van der Waals surface area (Å²) >= 11 is 0. The molecule has 0 spiro atoms. The molecule has 0 saturated heterocycles. The third-order valence-corrected chi connectivity index (χ3v) is 4.90. The van der Waals surface area contributed by atoms with Crippen LogP contribution in [0.3, 0.4) is 0 Å². The molecular weight excluding hydrogens is 332 g/mol. The Labute approximate surface area is 159 Å². The van der Waals surface area contributed by atoms with Gasteiger partial charge in [0.05, 0.1) is 0 Å². The second-order valence-electron chi connectivity index (χ2n) is 6.40. The SMILES string of the molecule is CCN(CC)c1cc(-c2ccncc2)c(-c2cccc3ccccc23)nn1. The van der Waals surface area contributed by atoms with E-state index in [-0.39, 0.29) is 0 Å². The Kier molecular flexibility index (Phi) is 4.79. The monoisotopic (exact) mass is 354 g/mol. The number of rotatable bonds is 5. The highest BCUT2D eigenvalue weighted by Crippen LogP contribution is 2.35. The minimum Gasteiger partial charge on any atom is -0.356 e. The molecule has 0 fully saturated rings.